The third kappa shape index (κ3) is 4.20. The van der Waals surface area contributed by atoms with E-state index < -0.39 is 0 Å². The summed E-state index contributed by atoms with van der Waals surface area (Å²) in [5.74, 6) is 1.08. The lowest BCUT2D eigenvalue weighted by Gasteiger charge is -2.51. The molecule has 0 aromatic rings. The zero-order valence-corrected chi connectivity index (χ0v) is 16.3. The third-order valence-electron chi connectivity index (χ3n) is 6.44. The van der Waals surface area contributed by atoms with Crippen LogP contribution in [0.15, 0.2) is 0 Å². The van der Waals surface area contributed by atoms with E-state index in [9.17, 15) is 4.79 Å². The number of carbonyl (C=O) groups is 1. The van der Waals surface area contributed by atoms with Crippen molar-refractivity contribution in [2.75, 3.05) is 39.4 Å². The SMILES string of the molecule is CCCN1C[C@@H](CC(=O)N(CC)CC)C[C@@H]2CC3(CC[C@H]21)OCCO3. The van der Waals surface area contributed by atoms with Gasteiger partial charge in [0.25, 0.3) is 0 Å². The molecule has 1 spiro atoms. The van der Waals surface area contributed by atoms with Crippen LogP contribution in [0.4, 0.5) is 0 Å². The van der Waals surface area contributed by atoms with Gasteiger partial charge in [0.1, 0.15) is 0 Å². The second-order valence-corrected chi connectivity index (χ2v) is 8.04. The minimum Gasteiger partial charge on any atom is -0.348 e. The van der Waals surface area contributed by atoms with Crippen molar-refractivity contribution in [3.8, 4) is 0 Å². The summed E-state index contributed by atoms with van der Waals surface area (Å²) < 4.78 is 12.0. The summed E-state index contributed by atoms with van der Waals surface area (Å²) in [6, 6.07) is 0.651. The molecule has 144 valence electrons. The van der Waals surface area contributed by atoms with Gasteiger partial charge in [-0.1, -0.05) is 6.92 Å². The molecule has 0 unspecified atom stereocenters. The third-order valence-corrected chi connectivity index (χ3v) is 6.44. The van der Waals surface area contributed by atoms with Gasteiger partial charge in [-0.25, -0.2) is 0 Å². The van der Waals surface area contributed by atoms with Crippen molar-refractivity contribution in [2.24, 2.45) is 11.8 Å². The lowest BCUT2D eigenvalue weighted by atomic mass is 9.72. The first-order chi connectivity index (χ1) is 12.1. The van der Waals surface area contributed by atoms with Crippen molar-refractivity contribution in [2.45, 2.75) is 71.1 Å². The molecule has 2 aliphatic heterocycles. The molecule has 3 atom stereocenters. The van der Waals surface area contributed by atoms with Crippen LogP contribution in [-0.4, -0.2) is 66.9 Å². The predicted octanol–water partition coefficient (Wildman–Crippen LogP) is 2.89. The number of piperidine rings is 1. The number of fused-ring (bicyclic) bond motifs is 1. The molecular weight excluding hydrogens is 316 g/mol. The number of hydrogen-bond acceptors (Lipinski definition) is 4. The van der Waals surface area contributed by atoms with Gasteiger partial charge in [0.15, 0.2) is 5.79 Å². The summed E-state index contributed by atoms with van der Waals surface area (Å²) in [4.78, 5) is 17.2. The molecule has 0 N–H and O–H groups in total. The second-order valence-electron chi connectivity index (χ2n) is 8.04. The van der Waals surface area contributed by atoms with E-state index in [2.05, 4.69) is 25.7 Å². The Labute approximate surface area is 153 Å². The highest BCUT2D eigenvalue weighted by Crippen LogP contribution is 2.45. The van der Waals surface area contributed by atoms with Gasteiger partial charge in [0.05, 0.1) is 13.2 Å². The molecule has 0 aromatic carbocycles. The van der Waals surface area contributed by atoms with Crippen molar-refractivity contribution in [3.05, 3.63) is 0 Å². The molecule has 2 saturated heterocycles. The average molecular weight is 353 g/mol. The fourth-order valence-electron chi connectivity index (χ4n) is 5.34. The minimum absolute atomic E-state index is 0.316. The average Bonchev–Trinajstić information content (AvgIpc) is 3.03. The van der Waals surface area contributed by atoms with Crippen LogP contribution in [0.25, 0.3) is 0 Å². The van der Waals surface area contributed by atoms with Crippen LogP contribution in [0, 0.1) is 11.8 Å². The van der Waals surface area contributed by atoms with Crippen molar-refractivity contribution in [1.82, 2.24) is 9.80 Å². The highest BCUT2D eigenvalue weighted by atomic mass is 16.7. The van der Waals surface area contributed by atoms with Gasteiger partial charge in [-0.2, -0.15) is 0 Å². The number of carbonyl (C=O) groups excluding carboxylic acids is 1. The summed E-state index contributed by atoms with van der Waals surface area (Å²) >= 11 is 0. The van der Waals surface area contributed by atoms with Gasteiger partial charge in [0, 0.05) is 44.9 Å². The van der Waals surface area contributed by atoms with Gasteiger partial charge in [-0.05, 0) is 51.5 Å². The van der Waals surface area contributed by atoms with E-state index >= 15 is 0 Å². The number of nitrogens with zero attached hydrogens (tertiary/aromatic N) is 2. The maximum atomic E-state index is 12.6. The molecule has 25 heavy (non-hydrogen) atoms. The van der Waals surface area contributed by atoms with Crippen molar-refractivity contribution in [3.63, 3.8) is 0 Å². The van der Waals surface area contributed by atoms with Crippen LogP contribution in [0.2, 0.25) is 0 Å². The molecule has 3 rings (SSSR count). The largest absolute Gasteiger partial charge is 0.348 e. The summed E-state index contributed by atoms with van der Waals surface area (Å²) in [6.07, 6.45) is 6.22. The van der Waals surface area contributed by atoms with Gasteiger partial charge in [-0.3, -0.25) is 9.69 Å². The van der Waals surface area contributed by atoms with Crippen molar-refractivity contribution in [1.29, 1.82) is 0 Å². The van der Waals surface area contributed by atoms with E-state index in [1.807, 2.05) is 4.90 Å². The van der Waals surface area contributed by atoms with Crippen molar-refractivity contribution >= 4 is 5.91 Å². The Morgan fingerprint density at radius 1 is 1.20 bits per heavy atom. The number of ether oxygens (including phenoxy) is 2. The van der Waals surface area contributed by atoms with Crippen LogP contribution in [-0.2, 0) is 14.3 Å². The van der Waals surface area contributed by atoms with E-state index in [0.29, 0.717) is 30.2 Å². The first kappa shape index (κ1) is 19.1. The van der Waals surface area contributed by atoms with Crippen LogP contribution in [0.1, 0.15) is 59.3 Å². The topological polar surface area (TPSA) is 42.0 Å². The van der Waals surface area contributed by atoms with Crippen LogP contribution < -0.4 is 0 Å². The number of hydrogen-bond donors (Lipinski definition) is 0. The summed E-state index contributed by atoms with van der Waals surface area (Å²) in [5, 5.41) is 0. The Bertz CT molecular complexity index is 446. The zero-order chi connectivity index (χ0) is 17.9. The van der Waals surface area contributed by atoms with Gasteiger partial charge in [-0.15, -0.1) is 0 Å². The fourth-order valence-corrected chi connectivity index (χ4v) is 5.34. The molecule has 1 aliphatic carbocycles. The standard InChI is InChI=1S/C20H36N2O3/c1-4-9-22-15-16(13-19(23)21(5-2)6-3)12-17-14-20(8-7-18(17)22)24-10-11-25-20/h16-18H,4-15H2,1-3H3/t16-,17-,18-/m1/s1. The first-order valence-corrected chi connectivity index (χ1v) is 10.4. The Hall–Kier alpha value is -0.650. The smallest absolute Gasteiger partial charge is 0.222 e. The molecule has 5 nitrogen and oxygen atoms in total. The maximum absolute atomic E-state index is 12.6. The molecule has 0 aromatic heterocycles. The van der Waals surface area contributed by atoms with E-state index in [0.717, 1.165) is 58.7 Å². The van der Waals surface area contributed by atoms with Crippen LogP contribution in [0.5, 0.6) is 0 Å². The predicted molar refractivity (Wildman–Crippen MR) is 98.3 cm³/mol. The highest BCUT2D eigenvalue weighted by molar-refractivity contribution is 5.76. The highest BCUT2D eigenvalue weighted by Gasteiger charge is 2.48. The van der Waals surface area contributed by atoms with E-state index in [1.165, 1.54) is 12.8 Å². The Morgan fingerprint density at radius 2 is 1.92 bits per heavy atom. The molecule has 1 saturated carbocycles. The Morgan fingerprint density at radius 3 is 2.56 bits per heavy atom. The van der Waals surface area contributed by atoms with Crippen molar-refractivity contribution < 1.29 is 14.3 Å². The second kappa shape index (κ2) is 8.36. The summed E-state index contributed by atoms with van der Waals surface area (Å²) in [6.45, 7) is 11.7. The quantitative estimate of drug-likeness (QED) is 0.737. The number of likely N-dealkylation sites (tertiary alicyclic amines) is 1. The first-order valence-electron chi connectivity index (χ1n) is 10.4. The maximum Gasteiger partial charge on any atom is 0.222 e. The Balaban J connectivity index is 1.67. The van der Waals surface area contributed by atoms with Gasteiger partial charge in [0.2, 0.25) is 5.91 Å². The minimum atomic E-state index is -0.316. The van der Waals surface area contributed by atoms with Gasteiger partial charge >= 0.3 is 0 Å². The number of amides is 1. The monoisotopic (exact) mass is 352 g/mol. The number of rotatable bonds is 6. The van der Waals surface area contributed by atoms with E-state index in [4.69, 9.17) is 9.47 Å². The summed E-state index contributed by atoms with van der Waals surface area (Å²) in [5.41, 5.74) is 0. The van der Waals surface area contributed by atoms with Gasteiger partial charge < -0.3 is 14.4 Å². The molecule has 1 amide bonds. The van der Waals surface area contributed by atoms with Crippen LogP contribution in [0.3, 0.4) is 0 Å². The molecule has 0 radical (unpaired) electrons. The molecule has 5 heteroatoms. The Kier molecular flexibility index (Phi) is 6.39. The van der Waals surface area contributed by atoms with E-state index in [1.54, 1.807) is 0 Å². The molecule has 3 aliphatic rings. The van der Waals surface area contributed by atoms with Crippen LogP contribution >= 0.6 is 0 Å². The zero-order valence-electron chi connectivity index (χ0n) is 16.3. The normalized spacial score (nSPS) is 31.9. The van der Waals surface area contributed by atoms with E-state index in [-0.39, 0.29) is 5.79 Å². The fraction of sp³-hybridized carbons (Fsp3) is 0.950. The lowest BCUT2D eigenvalue weighted by Crippen LogP contribution is -2.55. The molecular formula is C20H36N2O3. The molecule has 0 bridgehead atoms. The molecule has 2 heterocycles. The molecule has 3 fully saturated rings. The lowest BCUT2D eigenvalue weighted by molar-refractivity contribution is -0.203. The summed E-state index contributed by atoms with van der Waals surface area (Å²) in [7, 11) is 0.